The van der Waals surface area contributed by atoms with Gasteiger partial charge in [-0.1, -0.05) is 11.6 Å². The fourth-order valence-electron chi connectivity index (χ4n) is 1.95. The highest BCUT2D eigenvalue weighted by atomic mass is 35.5. The predicted molar refractivity (Wildman–Crippen MR) is 76.8 cm³/mol. The molecule has 1 heterocycles. The molecule has 1 aromatic rings. The largest absolute Gasteiger partial charge is 0.481 e. The van der Waals surface area contributed by atoms with Crippen molar-refractivity contribution in [3.8, 4) is 0 Å². The van der Waals surface area contributed by atoms with E-state index in [2.05, 4.69) is 10.6 Å². The number of nitrogens with zero attached hydrogens (tertiary/aromatic N) is 1. The van der Waals surface area contributed by atoms with E-state index in [0.29, 0.717) is 29.4 Å². The summed E-state index contributed by atoms with van der Waals surface area (Å²) in [6.45, 7) is 1.03. The summed E-state index contributed by atoms with van der Waals surface area (Å²) in [4.78, 5) is 35.4. The zero-order chi connectivity index (χ0) is 15.4. The van der Waals surface area contributed by atoms with Crippen LogP contribution >= 0.6 is 11.6 Å². The molecule has 0 spiro atoms. The lowest BCUT2D eigenvalue weighted by atomic mass is 10.1. The van der Waals surface area contributed by atoms with Crippen molar-refractivity contribution in [1.82, 2.24) is 10.6 Å². The van der Waals surface area contributed by atoms with Gasteiger partial charge in [0.05, 0.1) is 17.1 Å². The number of urea groups is 1. The average Bonchev–Trinajstić information content (AvgIpc) is 2.85. The number of hydrogen-bond acceptors (Lipinski definition) is 3. The lowest BCUT2D eigenvalue weighted by Crippen LogP contribution is -2.29. The Morgan fingerprint density at radius 3 is 2.81 bits per heavy atom. The molecule has 1 fully saturated rings. The van der Waals surface area contributed by atoms with Gasteiger partial charge in [-0.3, -0.25) is 14.5 Å². The van der Waals surface area contributed by atoms with Crippen LogP contribution in [0.4, 0.5) is 10.5 Å². The lowest BCUT2D eigenvalue weighted by Gasteiger charge is -2.17. The molecule has 1 saturated heterocycles. The summed E-state index contributed by atoms with van der Waals surface area (Å²) in [5, 5.41) is 14.0. The maximum Gasteiger partial charge on any atom is 0.322 e. The number of carboxylic acids is 1. The van der Waals surface area contributed by atoms with Gasteiger partial charge in [0.1, 0.15) is 0 Å². The molecule has 3 amide bonds. The second-order valence-corrected chi connectivity index (χ2v) is 4.86. The molecule has 0 aromatic heterocycles. The number of rotatable bonds is 5. The first-order valence-electron chi connectivity index (χ1n) is 6.34. The Kier molecular flexibility index (Phi) is 4.64. The SMILES string of the molecule is O=C(O)CCNC(=O)c1ccc(Cl)c(N2CCNC2=O)c1. The van der Waals surface area contributed by atoms with Crippen LogP contribution < -0.4 is 15.5 Å². The molecule has 0 bridgehead atoms. The van der Waals surface area contributed by atoms with Crippen LogP contribution in [0.2, 0.25) is 5.02 Å². The van der Waals surface area contributed by atoms with Gasteiger partial charge in [0, 0.05) is 25.2 Å². The van der Waals surface area contributed by atoms with Gasteiger partial charge in [0.2, 0.25) is 0 Å². The fraction of sp³-hybridized carbons (Fsp3) is 0.308. The monoisotopic (exact) mass is 311 g/mol. The lowest BCUT2D eigenvalue weighted by molar-refractivity contribution is -0.136. The zero-order valence-electron chi connectivity index (χ0n) is 11.1. The molecule has 112 valence electrons. The first kappa shape index (κ1) is 15.1. The number of nitrogens with one attached hydrogen (secondary N) is 2. The second-order valence-electron chi connectivity index (χ2n) is 4.45. The van der Waals surface area contributed by atoms with Crippen molar-refractivity contribution in [2.75, 3.05) is 24.5 Å². The van der Waals surface area contributed by atoms with Crippen LogP contribution in [-0.2, 0) is 4.79 Å². The molecule has 0 unspecified atom stereocenters. The average molecular weight is 312 g/mol. The minimum absolute atomic E-state index is 0.0380. The third-order valence-corrected chi connectivity index (χ3v) is 3.30. The minimum atomic E-state index is -0.985. The summed E-state index contributed by atoms with van der Waals surface area (Å²) in [6, 6.07) is 4.31. The van der Waals surface area contributed by atoms with Gasteiger partial charge in [0.15, 0.2) is 0 Å². The van der Waals surface area contributed by atoms with Gasteiger partial charge in [-0.2, -0.15) is 0 Å². The maximum absolute atomic E-state index is 11.9. The normalized spacial score (nSPS) is 14.0. The highest BCUT2D eigenvalue weighted by molar-refractivity contribution is 6.34. The Bertz CT molecular complexity index is 591. The van der Waals surface area contributed by atoms with Crippen LogP contribution in [0, 0.1) is 0 Å². The van der Waals surface area contributed by atoms with Gasteiger partial charge in [-0.05, 0) is 18.2 Å². The summed E-state index contributed by atoms with van der Waals surface area (Å²) < 4.78 is 0. The molecule has 3 N–H and O–H groups in total. The molecule has 0 saturated carbocycles. The first-order chi connectivity index (χ1) is 9.99. The van der Waals surface area contributed by atoms with E-state index in [1.165, 1.54) is 23.1 Å². The third kappa shape index (κ3) is 3.63. The van der Waals surface area contributed by atoms with Gasteiger partial charge < -0.3 is 15.7 Å². The summed E-state index contributed by atoms with van der Waals surface area (Å²) in [7, 11) is 0. The van der Waals surface area contributed by atoms with Crippen molar-refractivity contribution >= 4 is 35.2 Å². The fourth-order valence-corrected chi connectivity index (χ4v) is 2.17. The molecule has 1 aliphatic rings. The van der Waals surface area contributed by atoms with E-state index in [1.807, 2.05) is 0 Å². The molecule has 0 atom stereocenters. The highest BCUT2D eigenvalue weighted by Crippen LogP contribution is 2.28. The summed E-state index contributed by atoms with van der Waals surface area (Å²) in [6.07, 6.45) is -0.152. The Labute approximate surface area is 125 Å². The third-order valence-electron chi connectivity index (χ3n) is 2.98. The van der Waals surface area contributed by atoms with Crippen LogP contribution in [0.25, 0.3) is 0 Å². The Balaban J connectivity index is 2.12. The molecule has 1 aliphatic heterocycles. The number of halogens is 1. The second kappa shape index (κ2) is 6.45. The van der Waals surface area contributed by atoms with Gasteiger partial charge in [-0.15, -0.1) is 0 Å². The minimum Gasteiger partial charge on any atom is -0.481 e. The van der Waals surface area contributed by atoms with E-state index in [-0.39, 0.29) is 19.0 Å². The maximum atomic E-state index is 11.9. The van der Waals surface area contributed by atoms with Gasteiger partial charge in [-0.25, -0.2) is 4.79 Å². The number of carbonyl (C=O) groups excluding carboxylic acids is 2. The highest BCUT2D eigenvalue weighted by Gasteiger charge is 2.24. The topological polar surface area (TPSA) is 98.7 Å². The molecule has 2 rings (SSSR count). The molecular formula is C13H14ClN3O4. The summed E-state index contributed by atoms with van der Waals surface area (Å²) in [5.41, 5.74) is 0.775. The summed E-state index contributed by atoms with van der Waals surface area (Å²) >= 11 is 6.06. The van der Waals surface area contributed by atoms with Crippen molar-refractivity contribution in [1.29, 1.82) is 0 Å². The zero-order valence-corrected chi connectivity index (χ0v) is 11.8. The van der Waals surface area contributed by atoms with Crippen molar-refractivity contribution in [3.63, 3.8) is 0 Å². The molecule has 0 aliphatic carbocycles. The van der Waals surface area contributed by atoms with E-state index in [4.69, 9.17) is 16.7 Å². The first-order valence-corrected chi connectivity index (χ1v) is 6.72. The smallest absolute Gasteiger partial charge is 0.322 e. The van der Waals surface area contributed by atoms with E-state index in [1.54, 1.807) is 0 Å². The number of aliphatic carboxylic acids is 1. The van der Waals surface area contributed by atoms with Gasteiger partial charge in [0.25, 0.3) is 5.91 Å². The molecule has 8 heteroatoms. The number of amides is 3. The van der Waals surface area contributed by atoms with Crippen molar-refractivity contribution < 1.29 is 19.5 Å². The standard InChI is InChI=1S/C13H14ClN3O4/c14-9-2-1-8(12(20)15-4-3-11(18)19)7-10(9)17-6-5-16-13(17)21/h1-2,7H,3-6H2,(H,15,20)(H,16,21)(H,18,19). The van der Waals surface area contributed by atoms with Crippen molar-refractivity contribution in [2.45, 2.75) is 6.42 Å². The predicted octanol–water partition coefficient (Wildman–Crippen LogP) is 1.07. The van der Waals surface area contributed by atoms with E-state index >= 15 is 0 Å². The molecule has 0 radical (unpaired) electrons. The van der Waals surface area contributed by atoms with Crippen LogP contribution in [0.1, 0.15) is 16.8 Å². The Morgan fingerprint density at radius 1 is 1.43 bits per heavy atom. The Morgan fingerprint density at radius 2 is 2.19 bits per heavy atom. The molecule has 7 nitrogen and oxygen atoms in total. The number of benzene rings is 1. The van der Waals surface area contributed by atoms with E-state index in [0.717, 1.165) is 0 Å². The quantitative estimate of drug-likeness (QED) is 0.757. The van der Waals surface area contributed by atoms with Crippen molar-refractivity contribution in [3.05, 3.63) is 28.8 Å². The number of anilines is 1. The van der Waals surface area contributed by atoms with Crippen LogP contribution in [0.15, 0.2) is 18.2 Å². The van der Waals surface area contributed by atoms with Gasteiger partial charge >= 0.3 is 12.0 Å². The van der Waals surface area contributed by atoms with E-state index in [9.17, 15) is 14.4 Å². The Hall–Kier alpha value is -2.28. The molecule has 21 heavy (non-hydrogen) atoms. The molecular weight excluding hydrogens is 298 g/mol. The molecule has 1 aromatic carbocycles. The summed E-state index contributed by atoms with van der Waals surface area (Å²) in [5.74, 6) is -1.39. The van der Waals surface area contributed by atoms with Crippen LogP contribution in [-0.4, -0.2) is 42.6 Å². The van der Waals surface area contributed by atoms with Crippen LogP contribution in [0.3, 0.4) is 0 Å². The number of carboxylic acid groups (broad SMARTS) is 1. The van der Waals surface area contributed by atoms with Crippen LogP contribution in [0.5, 0.6) is 0 Å². The van der Waals surface area contributed by atoms with E-state index < -0.39 is 11.9 Å². The number of carbonyl (C=O) groups is 3. The number of hydrogen-bond donors (Lipinski definition) is 3. The van der Waals surface area contributed by atoms with Crippen molar-refractivity contribution in [2.24, 2.45) is 0 Å².